The van der Waals surface area contributed by atoms with E-state index in [4.69, 9.17) is 9.15 Å². The number of rotatable bonds is 2. The molecule has 0 amide bonds. The molecule has 0 spiro atoms. The predicted molar refractivity (Wildman–Crippen MR) is 65.2 cm³/mol. The Kier molecular flexibility index (Phi) is 2.59. The number of hydrogen-bond acceptors (Lipinski definition) is 6. The molecule has 2 aromatic heterocycles. The Bertz CT molecular complexity index is 642. The Morgan fingerprint density at radius 2 is 2.42 bits per heavy atom. The van der Waals surface area contributed by atoms with E-state index in [1.165, 1.54) is 13.4 Å². The molecule has 7 heteroatoms. The summed E-state index contributed by atoms with van der Waals surface area (Å²) < 4.78 is 11.6. The van der Waals surface area contributed by atoms with Gasteiger partial charge in [-0.05, 0) is 13.0 Å². The number of anilines is 1. The molecule has 1 aliphatic heterocycles. The van der Waals surface area contributed by atoms with Crippen LogP contribution in [0.5, 0.6) is 0 Å². The summed E-state index contributed by atoms with van der Waals surface area (Å²) in [5.74, 6) is 0.175. The normalized spacial score (nSPS) is 17.9. The van der Waals surface area contributed by atoms with Gasteiger partial charge in [-0.3, -0.25) is 0 Å². The number of methoxy groups -OCH3 is 1. The predicted octanol–water partition coefficient (Wildman–Crippen LogP) is 1.33. The van der Waals surface area contributed by atoms with Gasteiger partial charge in [0.2, 0.25) is 5.95 Å². The fourth-order valence-electron chi connectivity index (χ4n) is 2.20. The number of fused-ring (bicyclic) bond motifs is 1. The van der Waals surface area contributed by atoms with Gasteiger partial charge in [-0.15, -0.1) is 0 Å². The minimum atomic E-state index is -0.405. The number of aromatic nitrogens is 3. The maximum atomic E-state index is 12.0. The summed E-state index contributed by atoms with van der Waals surface area (Å²) in [7, 11) is 1.35. The molecule has 0 aromatic carbocycles. The molecular weight excluding hydrogens is 248 g/mol. The van der Waals surface area contributed by atoms with E-state index in [1.807, 2.05) is 0 Å². The highest BCUT2D eigenvalue weighted by Gasteiger charge is 2.34. The zero-order valence-electron chi connectivity index (χ0n) is 10.5. The maximum absolute atomic E-state index is 12.0. The molecule has 0 aliphatic carbocycles. The molecule has 1 aliphatic rings. The third-order valence-electron chi connectivity index (χ3n) is 3.06. The standard InChI is InChI=1S/C12H12N4O3/c1-7-9(11(17)18-2)10(8-3-4-19-5-8)16-12(15-7)13-6-14-16/h3-6,10H,1-2H3,(H,13,14,15)/t10-/m1/s1. The highest BCUT2D eigenvalue weighted by Crippen LogP contribution is 2.34. The second kappa shape index (κ2) is 4.27. The van der Waals surface area contributed by atoms with Gasteiger partial charge in [0.05, 0.1) is 25.2 Å². The van der Waals surface area contributed by atoms with Crippen LogP contribution >= 0.6 is 0 Å². The molecule has 0 unspecified atom stereocenters. The summed E-state index contributed by atoms with van der Waals surface area (Å²) in [6.45, 7) is 1.80. The zero-order chi connectivity index (χ0) is 13.4. The molecular formula is C12H12N4O3. The molecule has 1 atom stereocenters. The van der Waals surface area contributed by atoms with Gasteiger partial charge in [-0.25, -0.2) is 9.48 Å². The van der Waals surface area contributed by atoms with Crippen molar-refractivity contribution >= 4 is 11.9 Å². The second-order valence-corrected chi connectivity index (χ2v) is 4.14. The molecule has 0 radical (unpaired) electrons. The highest BCUT2D eigenvalue weighted by atomic mass is 16.5. The second-order valence-electron chi connectivity index (χ2n) is 4.14. The van der Waals surface area contributed by atoms with Crippen molar-refractivity contribution < 1.29 is 13.9 Å². The molecule has 98 valence electrons. The number of hydrogen-bond donors (Lipinski definition) is 1. The average molecular weight is 260 g/mol. The number of nitrogens with one attached hydrogen (secondary N) is 1. The number of allylic oxidation sites excluding steroid dienone is 1. The average Bonchev–Trinajstić information content (AvgIpc) is 3.06. The maximum Gasteiger partial charge on any atom is 0.338 e. The number of furan rings is 1. The van der Waals surface area contributed by atoms with Crippen LogP contribution in [0, 0.1) is 0 Å². The van der Waals surface area contributed by atoms with Gasteiger partial charge in [0, 0.05) is 11.3 Å². The van der Waals surface area contributed by atoms with Gasteiger partial charge in [-0.1, -0.05) is 0 Å². The third-order valence-corrected chi connectivity index (χ3v) is 3.06. The van der Waals surface area contributed by atoms with Gasteiger partial charge < -0.3 is 14.5 Å². The van der Waals surface area contributed by atoms with E-state index in [0.29, 0.717) is 17.2 Å². The van der Waals surface area contributed by atoms with Gasteiger partial charge in [0.15, 0.2) is 0 Å². The molecule has 1 N–H and O–H groups in total. The number of esters is 1. The summed E-state index contributed by atoms with van der Waals surface area (Å²) in [5, 5.41) is 7.19. The Hall–Kier alpha value is -2.57. The summed E-state index contributed by atoms with van der Waals surface area (Å²) in [5.41, 5.74) is 1.99. The number of ether oxygens (including phenoxy) is 1. The van der Waals surface area contributed by atoms with Crippen LogP contribution in [0.3, 0.4) is 0 Å². The van der Waals surface area contributed by atoms with Crippen LogP contribution in [0.2, 0.25) is 0 Å². The van der Waals surface area contributed by atoms with Crippen LogP contribution in [0.25, 0.3) is 0 Å². The fourth-order valence-corrected chi connectivity index (χ4v) is 2.20. The van der Waals surface area contributed by atoms with Crippen LogP contribution < -0.4 is 5.32 Å². The highest BCUT2D eigenvalue weighted by molar-refractivity contribution is 5.92. The van der Waals surface area contributed by atoms with Crippen LogP contribution in [-0.2, 0) is 9.53 Å². The quantitative estimate of drug-likeness (QED) is 0.820. The molecule has 19 heavy (non-hydrogen) atoms. The first kappa shape index (κ1) is 11.5. The summed E-state index contributed by atoms with van der Waals surface area (Å²) in [6, 6.07) is 1.39. The first-order valence-corrected chi connectivity index (χ1v) is 5.70. The minimum Gasteiger partial charge on any atom is -0.472 e. The van der Waals surface area contributed by atoms with Crippen LogP contribution in [0.15, 0.2) is 40.6 Å². The van der Waals surface area contributed by atoms with Crippen molar-refractivity contribution in [1.82, 2.24) is 14.8 Å². The van der Waals surface area contributed by atoms with Crippen molar-refractivity contribution in [2.45, 2.75) is 13.0 Å². The monoisotopic (exact) mass is 260 g/mol. The first-order valence-electron chi connectivity index (χ1n) is 5.70. The number of nitrogens with zero attached hydrogens (tertiary/aromatic N) is 3. The van der Waals surface area contributed by atoms with E-state index in [2.05, 4.69) is 15.4 Å². The number of carbonyl (C=O) groups is 1. The van der Waals surface area contributed by atoms with Crippen molar-refractivity contribution in [3.63, 3.8) is 0 Å². The third kappa shape index (κ3) is 1.70. The molecule has 3 rings (SSSR count). The van der Waals surface area contributed by atoms with Crippen molar-refractivity contribution in [3.8, 4) is 0 Å². The van der Waals surface area contributed by atoms with Gasteiger partial charge >= 0.3 is 5.97 Å². The van der Waals surface area contributed by atoms with Gasteiger partial charge in [-0.2, -0.15) is 10.1 Å². The summed E-state index contributed by atoms with van der Waals surface area (Å²) in [6.07, 6.45) is 4.57. The smallest absolute Gasteiger partial charge is 0.338 e. The molecule has 7 nitrogen and oxygen atoms in total. The Morgan fingerprint density at radius 1 is 1.58 bits per heavy atom. The van der Waals surface area contributed by atoms with Crippen molar-refractivity contribution in [3.05, 3.63) is 41.8 Å². The Morgan fingerprint density at radius 3 is 3.11 bits per heavy atom. The van der Waals surface area contributed by atoms with Crippen molar-refractivity contribution in [2.75, 3.05) is 12.4 Å². The molecule has 0 saturated carbocycles. The Labute approximate surface area is 108 Å². The van der Waals surface area contributed by atoms with E-state index in [1.54, 1.807) is 30.2 Å². The minimum absolute atomic E-state index is 0.398. The molecule has 0 fully saturated rings. The largest absolute Gasteiger partial charge is 0.472 e. The Balaban J connectivity index is 2.18. The lowest BCUT2D eigenvalue weighted by atomic mass is 9.98. The SMILES string of the molecule is COC(=O)C1=C(C)Nc2ncnn2[C@@H]1c1ccoc1. The lowest BCUT2D eigenvalue weighted by Crippen LogP contribution is -2.29. The van der Waals surface area contributed by atoms with Gasteiger partial charge in [0.1, 0.15) is 12.4 Å². The van der Waals surface area contributed by atoms with Crippen molar-refractivity contribution in [2.24, 2.45) is 0 Å². The number of carbonyl (C=O) groups excluding carboxylic acids is 1. The zero-order valence-corrected chi connectivity index (χ0v) is 10.5. The lowest BCUT2D eigenvalue weighted by molar-refractivity contribution is -0.136. The van der Waals surface area contributed by atoms with E-state index in [0.717, 1.165) is 5.56 Å². The van der Waals surface area contributed by atoms with Crippen LogP contribution in [0.4, 0.5) is 5.95 Å². The summed E-state index contributed by atoms with van der Waals surface area (Å²) >= 11 is 0. The van der Waals surface area contributed by atoms with Gasteiger partial charge in [0.25, 0.3) is 0 Å². The van der Waals surface area contributed by atoms with Crippen LogP contribution in [-0.4, -0.2) is 27.8 Å². The molecule has 0 bridgehead atoms. The van der Waals surface area contributed by atoms with Crippen molar-refractivity contribution in [1.29, 1.82) is 0 Å². The molecule has 2 aromatic rings. The van der Waals surface area contributed by atoms with E-state index >= 15 is 0 Å². The first-order chi connectivity index (χ1) is 9.22. The lowest BCUT2D eigenvalue weighted by Gasteiger charge is -2.26. The van der Waals surface area contributed by atoms with Crippen LogP contribution in [0.1, 0.15) is 18.5 Å². The van der Waals surface area contributed by atoms with E-state index < -0.39 is 12.0 Å². The fraction of sp³-hybridized carbons (Fsp3) is 0.250. The molecule has 0 saturated heterocycles. The van der Waals surface area contributed by atoms with E-state index in [9.17, 15) is 4.79 Å². The topological polar surface area (TPSA) is 82.2 Å². The molecule has 3 heterocycles. The summed E-state index contributed by atoms with van der Waals surface area (Å²) in [4.78, 5) is 16.1. The van der Waals surface area contributed by atoms with E-state index in [-0.39, 0.29) is 0 Å².